The van der Waals surface area contributed by atoms with E-state index < -0.39 is 18.0 Å². The molecule has 0 saturated heterocycles. The molecule has 0 unspecified atom stereocenters. The van der Waals surface area contributed by atoms with Crippen LogP contribution in [0, 0.1) is 0 Å². The average molecular weight is 264 g/mol. The molecule has 102 valence electrons. The Balaban J connectivity index is 2.36. The van der Waals surface area contributed by atoms with Crippen LogP contribution in [-0.2, 0) is 30.5 Å². The summed E-state index contributed by atoms with van der Waals surface area (Å²) in [5.41, 5.74) is 0.845. The van der Waals surface area contributed by atoms with Crippen molar-refractivity contribution in [2.24, 2.45) is 0 Å². The van der Waals surface area contributed by atoms with Crippen LogP contribution in [0.1, 0.15) is 25.8 Å². The van der Waals surface area contributed by atoms with E-state index in [-0.39, 0.29) is 18.8 Å². The molecular weight excluding hydrogens is 248 g/mol. The Kier molecular flexibility index (Phi) is 5.73. The van der Waals surface area contributed by atoms with Crippen LogP contribution in [0.4, 0.5) is 0 Å². The van der Waals surface area contributed by atoms with E-state index in [2.05, 4.69) is 0 Å². The molecular formula is C14H16O5. The molecule has 0 fully saturated rings. The topological polar surface area (TPSA) is 69.7 Å². The van der Waals surface area contributed by atoms with Crippen LogP contribution in [0.25, 0.3) is 0 Å². The lowest BCUT2D eigenvalue weighted by atomic mass is 10.2. The number of benzene rings is 1. The average Bonchev–Trinajstić information content (AvgIpc) is 2.36. The van der Waals surface area contributed by atoms with Crippen LogP contribution in [0.3, 0.4) is 0 Å². The fourth-order valence-electron chi connectivity index (χ4n) is 1.34. The monoisotopic (exact) mass is 264 g/mol. The zero-order chi connectivity index (χ0) is 14.3. The molecule has 19 heavy (non-hydrogen) atoms. The molecule has 0 aromatic heterocycles. The highest BCUT2D eigenvalue weighted by molar-refractivity contribution is 5.94. The van der Waals surface area contributed by atoms with Gasteiger partial charge in [0.05, 0.1) is 0 Å². The second-order valence-corrected chi connectivity index (χ2v) is 4.10. The predicted molar refractivity (Wildman–Crippen MR) is 67.1 cm³/mol. The second-order valence-electron chi connectivity index (χ2n) is 4.10. The van der Waals surface area contributed by atoms with Crippen LogP contribution in [-0.4, -0.2) is 23.8 Å². The minimum atomic E-state index is -1.02. The summed E-state index contributed by atoms with van der Waals surface area (Å²) >= 11 is 0. The minimum Gasteiger partial charge on any atom is -0.458 e. The summed E-state index contributed by atoms with van der Waals surface area (Å²) in [6.45, 7) is 2.80. The summed E-state index contributed by atoms with van der Waals surface area (Å²) in [6.07, 6.45) is -1.35. The van der Waals surface area contributed by atoms with E-state index in [0.717, 1.165) is 5.56 Å². The number of hydrogen-bond donors (Lipinski definition) is 0. The fourth-order valence-corrected chi connectivity index (χ4v) is 1.34. The van der Waals surface area contributed by atoms with Crippen LogP contribution in [0.15, 0.2) is 30.3 Å². The van der Waals surface area contributed by atoms with Crippen molar-refractivity contribution in [2.75, 3.05) is 0 Å². The molecule has 1 aromatic rings. The van der Waals surface area contributed by atoms with Gasteiger partial charge in [0.2, 0.25) is 0 Å². The van der Waals surface area contributed by atoms with Gasteiger partial charge in [0.15, 0.2) is 6.10 Å². The highest BCUT2D eigenvalue weighted by Crippen LogP contribution is 2.04. The minimum absolute atomic E-state index is 0.119. The third kappa shape index (κ3) is 5.81. The lowest BCUT2D eigenvalue weighted by Gasteiger charge is -2.12. The van der Waals surface area contributed by atoms with Gasteiger partial charge < -0.3 is 9.47 Å². The number of rotatable bonds is 6. The molecule has 0 amide bonds. The van der Waals surface area contributed by atoms with Gasteiger partial charge in [-0.25, -0.2) is 4.79 Å². The molecule has 0 heterocycles. The summed E-state index contributed by atoms with van der Waals surface area (Å²) in [7, 11) is 0. The summed E-state index contributed by atoms with van der Waals surface area (Å²) in [4.78, 5) is 33.4. The van der Waals surface area contributed by atoms with Gasteiger partial charge in [-0.05, 0) is 19.4 Å². The zero-order valence-corrected chi connectivity index (χ0v) is 10.9. The van der Waals surface area contributed by atoms with Crippen molar-refractivity contribution >= 4 is 17.7 Å². The molecule has 0 spiro atoms. The maximum atomic E-state index is 11.6. The summed E-state index contributed by atoms with van der Waals surface area (Å²) in [5.74, 6) is -1.67. The normalized spacial score (nSPS) is 11.5. The first-order valence-corrected chi connectivity index (χ1v) is 5.88. The van der Waals surface area contributed by atoms with Crippen molar-refractivity contribution in [1.29, 1.82) is 0 Å². The predicted octanol–water partition coefficient (Wildman–Crippen LogP) is 1.64. The smallest absolute Gasteiger partial charge is 0.347 e. The third-order valence-electron chi connectivity index (χ3n) is 2.26. The van der Waals surface area contributed by atoms with Crippen LogP contribution in [0.2, 0.25) is 0 Å². The van der Waals surface area contributed by atoms with Crippen LogP contribution < -0.4 is 0 Å². The Labute approximate surface area is 111 Å². The van der Waals surface area contributed by atoms with E-state index in [0.29, 0.717) is 0 Å². The highest BCUT2D eigenvalue weighted by Gasteiger charge is 2.19. The number of Topliss-reactive ketones (excluding diaryl/α,β-unsaturated/α-hetero) is 1. The lowest BCUT2D eigenvalue weighted by Crippen LogP contribution is -2.26. The van der Waals surface area contributed by atoms with Crippen molar-refractivity contribution in [3.8, 4) is 0 Å². The number of ketones is 1. The molecule has 5 nitrogen and oxygen atoms in total. The third-order valence-corrected chi connectivity index (χ3v) is 2.26. The Bertz CT molecular complexity index is 452. The molecule has 0 N–H and O–H groups in total. The highest BCUT2D eigenvalue weighted by atomic mass is 16.6. The standard InChI is InChI=1S/C14H16O5/c1-10(15)8-13(16)19-11(2)14(17)18-9-12-6-4-3-5-7-12/h3-7,11H,8-9H2,1-2H3/t11-/m0/s1. The molecule has 0 saturated carbocycles. The summed E-state index contributed by atoms with van der Waals surface area (Å²) in [5, 5.41) is 0. The van der Waals surface area contributed by atoms with E-state index in [9.17, 15) is 14.4 Å². The molecule has 1 atom stereocenters. The summed E-state index contributed by atoms with van der Waals surface area (Å²) < 4.78 is 9.77. The number of carbonyl (C=O) groups is 3. The van der Waals surface area contributed by atoms with Crippen molar-refractivity contribution in [2.45, 2.75) is 33.0 Å². The molecule has 5 heteroatoms. The quantitative estimate of drug-likeness (QED) is 0.577. The zero-order valence-electron chi connectivity index (χ0n) is 10.9. The van der Waals surface area contributed by atoms with E-state index in [1.54, 1.807) is 0 Å². The van der Waals surface area contributed by atoms with Gasteiger partial charge in [0.25, 0.3) is 0 Å². The Morgan fingerprint density at radius 1 is 1.16 bits per heavy atom. The van der Waals surface area contributed by atoms with Crippen molar-refractivity contribution in [3.05, 3.63) is 35.9 Å². The first-order chi connectivity index (χ1) is 8.99. The Hall–Kier alpha value is -2.17. The summed E-state index contributed by atoms with van der Waals surface area (Å²) in [6, 6.07) is 9.16. The molecule has 0 aliphatic rings. The van der Waals surface area contributed by atoms with Crippen molar-refractivity contribution in [3.63, 3.8) is 0 Å². The maximum Gasteiger partial charge on any atom is 0.347 e. The molecule has 1 aromatic carbocycles. The van der Waals surface area contributed by atoms with Gasteiger partial charge in [-0.15, -0.1) is 0 Å². The second kappa shape index (κ2) is 7.31. The van der Waals surface area contributed by atoms with Crippen LogP contribution >= 0.6 is 0 Å². The molecule has 0 aliphatic heterocycles. The van der Waals surface area contributed by atoms with Gasteiger partial charge in [-0.3, -0.25) is 9.59 Å². The first-order valence-electron chi connectivity index (χ1n) is 5.88. The van der Waals surface area contributed by atoms with E-state index in [1.807, 2.05) is 30.3 Å². The Morgan fingerprint density at radius 3 is 2.37 bits per heavy atom. The van der Waals surface area contributed by atoms with Gasteiger partial charge in [-0.1, -0.05) is 30.3 Å². The number of carbonyl (C=O) groups excluding carboxylic acids is 3. The number of ether oxygens (including phenoxy) is 2. The molecule has 0 radical (unpaired) electrons. The number of hydrogen-bond acceptors (Lipinski definition) is 5. The molecule has 0 aliphatic carbocycles. The SMILES string of the molecule is CC(=O)CC(=O)O[C@@H](C)C(=O)OCc1ccccc1. The molecule has 0 bridgehead atoms. The number of esters is 2. The first kappa shape index (κ1) is 14.9. The molecule has 1 rings (SSSR count). The van der Waals surface area contributed by atoms with Gasteiger partial charge in [-0.2, -0.15) is 0 Å². The van der Waals surface area contributed by atoms with E-state index >= 15 is 0 Å². The van der Waals surface area contributed by atoms with Crippen molar-refractivity contribution in [1.82, 2.24) is 0 Å². The van der Waals surface area contributed by atoms with Crippen LogP contribution in [0.5, 0.6) is 0 Å². The van der Waals surface area contributed by atoms with Crippen molar-refractivity contribution < 1.29 is 23.9 Å². The lowest BCUT2D eigenvalue weighted by molar-refractivity contribution is -0.167. The fraction of sp³-hybridized carbons (Fsp3) is 0.357. The van der Waals surface area contributed by atoms with Gasteiger partial charge in [0.1, 0.15) is 18.8 Å². The largest absolute Gasteiger partial charge is 0.458 e. The van der Waals surface area contributed by atoms with Gasteiger partial charge >= 0.3 is 11.9 Å². The van der Waals surface area contributed by atoms with Gasteiger partial charge in [0, 0.05) is 0 Å². The maximum absolute atomic E-state index is 11.6. The Morgan fingerprint density at radius 2 is 1.79 bits per heavy atom. The van der Waals surface area contributed by atoms with E-state index in [4.69, 9.17) is 9.47 Å². The van der Waals surface area contributed by atoms with E-state index in [1.165, 1.54) is 13.8 Å².